The summed E-state index contributed by atoms with van der Waals surface area (Å²) in [5, 5.41) is 9.40. The third-order valence-corrected chi connectivity index (χ3v) is 4.95. The predicted octanol–water partition coefficient (Wildman–Crippen LogP) is 1.93. The zero-order valence-electron chi connectivity index (χ0n) is 15.2. The van der Waals surface area contributed by atoms with Crippen LogP contribution in [-0.2, 0) is 27.2 Å². The van der Waals surface area contributed by atoms with Gasteiger partial charge in [-0.1, -0.05) is 0 Å². The normalized spacial score (nSPS) is 10.4. The van der Waals surface area contributed by atoms with Gasteiger partial charge in [-0.3, -0.25) is 24.7 Å². The highest BCUT2D eigenvalue weighted by Crippen LogP contribution is 2.19. The number of carbonyl (C=O) groups is 3. The van der Waals surface area contributed by atoms with Crippen LogP contribution in [0.4, 0.5) is 10.3 Å². The summed E-state index contributed by atoms with van der Waals surface area (Å²) in [6, 6.07) is 0. The summed E-state index contributed by atoms with van der Waals surface area (Å²) in [6.07, 6.45) is 4.31. The highest BCUT2D eigenvalue weighted by Gasteiger charge is 2.14. The minimum absolute atomic E-state index is 0.0182. The lowest BCUT2D eigenvalue weighted by Crippen LogP contribution is -2.15. The molecule has 3 rings (SSSR count). The fourth-order valence-corrected chi connectivity index (χ4v) is 3.59. The molecule has 0 spiro atoms. The molecule has 0 radical (unpaired) electrons. The van der Waals surface area contributed by atoms with Crippen molar-refractivity contribution in [1.82, 2.24) is 19.9 Å². The molecule has 0 saturated heterocycles. The van der Waals surface area contributed by atoms with E-state index in [4.69, 9.17) is 4.74 Å². The van der Waals surface area contributed by atoms with Crippen molar-refractivity contribution in [3.8, 4) is 0 Å². The Morgan fingerprint density at radius 3 is 2.34 bits per heavy atom. The molecule has 0 aliphatic rings. The fraction of sp³-hybridized carbons (Fsp3) is 0.235. The number of nitrogens with one attached hydrogen (secondary N) is 2. The molecule has 3 heterocycles. The Morgan fingerprint density at radius 2 is 1.69 bits per heavy atom. The lowest BCUT2D eigenvalue weighted by molar-refractivity contribution is -0.142. The highest BCUT2D eigenvalue weighted by atomic mass is 32.1. The number of rotatable bonds is 8. The second-order valence-electron chi connectivity index (χ2n) is 5.54. The maximum Gasteiger partial charge on any atom is 0.311 e. The molecule has 0 aliphatic carbocycles. The number of nitrogens with zero attached hydrogens (tertiary/aromatic N) is 4. The van der Waals surface area contributed by atoms with Gasteiger partial charge in [-0.25, -0.2) is 15.0 Å². The maximum atomic E-state index is 12.2. The molecular weight excluding hydrogens is 416 g/mol. The van der Waals surface area contributed by atoms with Crippen molar-refractivity contribution in [2.75, 3.05) is 17.2 Å². The molecule has 2 N–H and O–H groups in total. The molecule has 12 heteroatoms. The molecule has 0 fully saturated rings. The van der Waals surface area contributed by atoms with Crippen molar-refractivity contribution in [2.24, 2.45) is 0 Å². The summed E-state index contributed by atoms with van der Waals surface area (Å²) in [7, 11) is 0. The van der Waals surface area contributed by atoms with E-state index >= 15 is 0 Å². The van der Waals surface area contributed by atoms with E-state index in [1.807, 2.05) is 0 Å². The van der Waals surface area contributed by atoms with Crippen molar-refractivity contribution >= 4 is 50.7 Å². The number of aromatic nitrogens is 4. The van der Waals surface area contributed by atoms with Gasteiger partial charge in [0.15, 0.2) is 10.3 Å². The largest absolute Gasteiger partial charge is 0.466 e. The van der Waals surface area contributed by atoms with Crippen LogP contribution < -0.4 is 10.6 Å². The SMILES string of the molecule is CCOC(=O)Cc1csc(NC(=O)Cc2csc(NC(=O)c3cnccn3)n2)n1. The van der Waals surface area contributed by atoms with Crippen molar-refractivity contribution in [2.45, 2.75) is 19.8 Å². The number of anilines is 2. The number of amides is 2. The van der Waals surface area contributed by atoms with Crippen molar-refractivity contribution in [3.05, 3.63) is 46.4 Å². The number of thiazole rings is 2. The molecule has 150 valence electrons. The van der Waals surface area contributed by atoms with Crippen LogP contribution in [0.25, 0.3) is 0 Å². The van der Waals surface area contributed by atoms with Gasteiger partial charge in [0.25, 0.3) is 5.91 Å². The Kier molecular flexibility index (Phi) is 6.92. The Morgan fingerprint density at radius 1 is 1.00 bits per heavy atom. The molecule has 3 aromatic heterocycles. The number of hydrogen-bond donors (Lipinski definition) is 2. The van der Waals surface area contributed by atoms with Crippen LogP contribution in [0.3, 0.4) is 0 Å². The van der Waals surface area contributed by atoms with E-state index in [0.717, 1.165) is 0 Å². The van der Waals surface area contributed by atoms with E-state index in [9.17, 15) is 14.4 Å². The zero-order valence-corrected chi connectivity index (χ0v) is 16.9. The molecule has 3 aromatic rings. The second kappa shape index (κ2) is 9.80. The van der Waals surface area contributed by atoms with Gasteiger partial charge in [0.2, 0.25) is 5.91 Å². The lowest BCUT2D eigenvalue weighted by Gasteiger charge is -2.00. The lowest BCUT2D eigenvalue weighted by atomic mass is 10.3. The van der Waals surface area contributed by atoms with E-state index in [-0.39, 0.29) is 30.4 Å². The zero-order chi connectivity index (χ0) is 20.6. The molecule has 0 bridgehead atoms. The summed E-state index contributed by atoms with van der Waals surface area (Å²) in [4.78, 5) is 51.9. The van der Waals surface area contributed by atoms with Gasteiger partial charge >= 0.3 is 5.97 Å². The standard InChI is InChI=1S/C17H16N6O4S2/c1-2-27-14(25)6-11-9-28-16(21-11)22-13(24)5-10-8-29-17(20-10)23-15(26)12-7-18-3-4-19-12/h3-4,7-9H,2,5-6H2,1H3,(H,20,23,26)(H,21,22,24). The van der Waals surface area contributed by atoms with Crippen LogP contribution in [0.2, 0.25) is 0 Å². The van der Waals surface area contributed by atoms with Crippen molar-refractivity contribution in [1.29, 1.82) is 0 Å². The summed E-state index contributed by atoms with van der Waals surface area (Å²) in [6.45, 7) is 2.04. The van der Waals surface area contributed by atoms with Crippen LogP contribution >= 0.6 is 22.7 Å². The van der Waals surface area contributed by atoms with Gasteiger partial charge in [-0.15, -0.1) is 22.7 Å². The highest BCUT2D eigenvalue weighted by molar-refractivity contribution is 7.14. The molecule has 0 aromatic carbocycles. The number of ether oxygens (including phenoxy) is 1. The van der Waals surface area contributed by atoms with Crippen LogP contribution in [0, 0.1) is 0 Å². The van der Waals surface area contributed by atoms with E-state index in [0.29, 0.717) is 28.3 Å². The summed E-state index contributed by atoms with van der Waals surface area (Å²) in [5.74, 6) is -1.10. The van der Waals surface area contributed by atoms with E-state index in [1.54, 1.807) is 17.7 Å². The molecule has 0 atom stereocenters. The van der Waals surface area contributed by atoms with Crippen LogP contribution in [0.15, 0.2) is 29.4 Å². The van der Waals surface area contributed by atoms with E-state index in [2.05, 4.69) is 30.6 Å². The molecule has 29 heavy (non-hydrogen) atoms. The molecule has 10 nitrogen and oxygen atoms in total. The van der Waals surface area contributed by atoms with Crippen molar-refractivity contribution < 1.29 is 19.1 Å². The summed E-state index contributed by atoms with van der Waals surface area (Å²) < 4.78 is 4.87. The third kappa shape index (κ3) is 6.12. The third-order valence-electron chi connectivity index (χ3n) is 3.34. The molecule has 0 unspecified atom stereocenters. The minimum atomic E-state index is -0.430. The fourth-order valence-electron chi connectivity index (χ4n) is 2.16. The molecule has 2 amide bonds. The average Bonchev–Trinajstić information content (AvgIpc) is 3.32. The Balaban J connectivity index is 1.51. The first kappa shape index (κ1) is 20.5. The average molecular weight is 432 g/mol. The van der Waals surface area contributed by atoms with E-state index < -0.39 is 5.91 Å². The Bertz CT molecular complexity index is 1000. The maximum absolute atomic E-state index is 12.2. The quantitative estimate of drug-likeness (QED) is 0.515. The summed E-state index contributed by atoms with van der Waals surface area (Å²) >= 11 is 2.42. The van der Waals surface area contributed by atoms with Crippen LogP contribution in [0.1, 0.15) is 28.8 Å². The molecular formula is C17H16N6O4S2. The predicted molar refractivity (Wildman–Crippen MR) is 107 cm³/mol. The van der Waals surface area contributed by atoms with Gasteiger partial charge < -0.3 is 10.1 Å². The number of esters is 1. The minimum Gasteiger partial charge on any atom is -0.466 e. The van der Waals surface area contributed by atoms with Gasteiger partial charge in [-0.2, -0.15) is 0 Å². The van der Waals surface area contributed by atoms with Gasteiger partial charge in [0.05, 0.1) is 37.0 Å². The first-order chi connectivity index (χ1) is 14.0. The molecule has 0 aliphatic heterocycles. The van der Waals surface area contributed by atoms with Gasteiger partial charge in [0, 0.05) is 23.2 Å². The second-order valence-corrected chi connectivity index (χ2v) is 7.26. The number of carbonyl (C=O) groups excluding carboxylic acids is 3. The molecule has 0 saturated carbocycles. The van der Waals surface area contributed by atoms with E-state index in [1.165, 1.54) is 41.3 Å². The Hall–Kier alpha value is -3.25. The van der Waals surface area contributed by atoms with Crippen molar-refractivity contribution in [3.63, 3.8) is 0 Å². The van der Waals surface area contributed by atoms with Gasteiger partial charge in [-0.05, 0) is 6.92 Å². The number of hydrogen-bond acceptors (Lipinski definition) is 10. The summed E-state index contributed by atoms with van der Waals surface area (Å²) in [5.41, 5.74) is 1.21. The Labute approximate surface area is 173 Å². The first-order valence-electron chi connectivity index (χ1n) is 8.45. The smallest absolute Gasteiger partial charge is 0.311 e. The van der Waals surface area contributed by atoms with Gasteiger partial charge in [0.1, 0.15) is 5.69 Å². The monoisotopic (exact) mass is 432 g/mol. The van der Waals surface area contributed by atoms with Crippen LogP contribution in [0.5, 0.6) is 0 Å². The first-order valence-corrected chi connectivity index (χ1v) is 10.2. The topological polar surface area (TPSA) is 136 Å². The van der Waals surface area contributed by atoms with Crippen LogP contribution in [-0.4, -0.2) is 44.3 Å².